The van der Waals surface area contributed by atoms with Crippen LogP contribution in [0.15, 0.2) is 30.3 Å². The summed E-state index contributed by atoms with van der Waals surface area (Å²) in [6, 6.07) is 9.09. The SMILES string of the molecule is COCc1nn(-c2ccccc2)c(Cl)c1C(=O)O. The maximum Gasteiger partial charge on any atom is 0.340 e. The Morgan fingerprint density at radius 2 is 2.11 bits per heavy atom. The van der Waals surface area contributed by atoms with Crippen molar-refractivity contribution in [2.75, 3.05) is 7.11 Å². The first-order chi connectivity index (χ1) is 8.65. The van der Waals surface area contributed by atoms with Crippen molar-refractivity contribution in [2.45, 2.75) is 6.61 Å². The summed E-state index contributed by atoms with van der Waals surface area (Å²) in [4.78, 5) is 11.2. The van der Waals surface area contributed by atoms with E-state index in [1.807, 2.05) is 18.2 Å². The lowest BCUT2D eigenvalue weighted by Crippen LogP contribution is -2.01. The maximum atomic E-state index is 11.2. The lowest BCUT2D eigenvalue weighted by Gasteiger charge is -2.01. The van der Waals surface area contributed by atoms with E-state index in [9.17, 15) is 4.79 Å². The number of aromatic carboxylic acids is 1. The predicted octanol–water partition coefficient (Wildman–Crippen LogP) is 2.37. The average molecular weight is 267 g/mol. The Hall–Kier alpha value is -1.85. The summed E-state index contributed by atoms with van der Waals surface area (Å²) in [5.74, 6) is -1.12. The van der Waals surface area contributed by atoms with E-state index in [0.717, 1.165) is 0 Å². The minimum absolute atomic E-state index is 0.0256. The van der Waals surface area contributed by atoms with Crippen LogP contribution in [0.4, 0.5) is 0 Å². The van der Waals surface area contributed by atoms with Crippen molar-refractivity contribution in [3.8, 4) is 5.69 Å². The van der Waals surface area contributed by atoms with Crippen LogP contribution in [0.5, 0.6) is 0 Å². The number of rotatable bonds is 4. The Morgan fingerprint density at radius 1 is 1.44 bits per heavy atom. The molecule has 1 heterocycles. The number of carboxylic acids is 1. The molecule has 0 saturated heterocycles. The molecule has 94 valence electrons. The molecule has 18 heavy (non-hydrogen) atoms. The number of hydrogen-bond donors (Lipinski definition) is 1. The van der Waals surface area contributed by atoms with Crippen molar-refractivity contribution in [3.63, 3.8) is 0 Å². The van der Waals surface area contributed by atoms with E-state index in [4.69, 9.17) is 21.4 Å². The van der Waals surface area contributed by atoms with Crippen molar-refractivity contribution in [1.82, 2.24) is 9.78 Å². The standard InChI is InChI=1S/C12H11ClN2O3/c1-18-7-9-10(12(16)17)11(13)15(14-9)8-5-3-2-4-6-8/h2-6H,7H2,1H3,(H,16,17). The third-order valence-corrected chi connectivity index (χ3v) is 2.75. The molecule has 0 aliphatic carbocycles. The number of methoxy groups -OCH3 is 1. The second kappa shape index (κ2) is 5.20. The molecule has 1 aromatic carbocycles. The monoisotopic (exact) mass is 266 g/mol. The van der Waals surface area contributed by atoms with Crippen molar-refractivity contribution in [3.05, 3.63) is 46.7 Å². The van der Waals surface area contributed by atoms with Crippen LogP contribution in [0.25, 0.3) is 5.69 Å². The fraction of sp³-hybridized carbons (Fsp3) is 0.167. The van der Waals surface area contributed by atoms with E-state index in [2.05, 4.69) is 5.10 Å². The van der Waals surface area contributed by atoms with Gasteiger partial charge in [0.05, 0.1) is 12.3 Å². The summed E-state index contributed by atoms with van der Waals surface area (Å²) in [6.45, 7) is 0.0984. The summed E-state index contributed by atoms with van der Waals surface area (Å²) >= 11 is 6.06. The summed E-state index contributed by atoms with van der Waals surface area (Å²) < 4.78 is 6.31. The van der Waals surface area contributed by atoms with Crippen molar-refractivity contribution in [2.24, 2.45) is 0 Å². The van der Waals surface area contributed by atoms with E-state index >= 15 is 0 Å². The zero-order chi connectivity index (χ0) is 13.1. The average Bonchev–Trinajstić information content (AvgIpc) is 2.68. The first kappa shape index (κ1) is 12.6. The largest absolute Gasteiger partial charge is 0.478 e. The number of nitrogens with zero attached hydrogens (tertiary/aromatic N) is 2. The highest BCUT2D eigenvalue weighted by molar-refractivity contribution is 6.32. The smallest absolute Gasteiger partial charge is 0.340 e. The lowest BCUT2D eigenvalue weighted by atomic mass is 10.2. The summed E-state index contributed by atoms with van der Waals surface area (Å²) in [6.07, 6.45) is 0. The van der Waals surface area contributed by atoms with Crippen molar-refractivity contribution >= 4 is 17.6 Å². The topological polar surface area (TPSA) is 64.4 Å². The van der Waals surface area contributed by atoms with E-state index in [0.29, 0.717) is 11.4 Å². The van der Waals surface area contributed by atoms with Crippen LogP contribution >= 0.6 is 11.6 Å². The molecule has 0 spiro atoms. The van der Waals surface area contributed by atoms with Gasteiger partial charge in [0.1, 0.15) is 16.4 Å². The Balaban J connectivity index is 2.57. The van der Waals surface area contributed by atoms with E-state index in [1.54, 1.807) is 12.1 Å². The Labute approximate surface area is 109 Å². The molecule has 0 radical (unpaired) electrons. The molecule has 0 saturated carbocycles. The maximum absolute atomic E-state index is 11.2. The van der Waals surface area contributed by atoms with Gasteiger partial charge in [0.2, 0.25) is 0 Å². The van der Waals surface area contributed by atoms with E-state index < -0.39 is 5.97 Å². The first-order valence-corrected chi connectivity index (χ1v) is 5.58. The molecule has 0 atom stereocenters. The highest BCUT2D eigenvalue weighted by atomic mass is 35.5. The number of hydrogen-bond acceptors (Lipinski definition) is 3. The highest BCUT2D eigenvalue weighted by Crippen LogP contribution is 2.24. The number of halogens is 1. The summed E-state index contributed by atoms with van der Waals surface area (Å²) in [7, 11) is 1.47. The molecule has 0 bridgehead atoms. The fourth-order valence-electron chi connectivity index (χ4n) is 1.63. The van der Waals surface area contributed by atoms with Gasteiger partial charge in [-0.15, -0.1) is 0 Å². The predicted molar refractivity (Wildman–Crippen MR) is 66.2 cm³/mol. The molecule has 2 aromatic rings. The van der Waals surface area contributed by atoms with Crippen LogP contribution < -0.4 is 0 Å². The molecule has 1 aromatic heterocycles. The molecule has 0 aliphatic heterocycles. The van der Waals surface area contributed by atoms with Crippen LogP contribution in [-0.2, 0) is 11.3 Å². The zero-order valence-electron chi connectivity index (χ0n) is 9.63. The van der Waals surface area contributed by atoms with Gasteiger partial charge in [-0.05, 0) is 12.1 Å². The van der Waals surface area contributed by atoms with Gasteiger partial charge in [0.15, 0.2) is 0 Å². The minimum atomic E-state index is -1.12. The third kappa shape index (κ3) is 2.23. The third-order valence-electron chi connectivity index (χ3n) is 2.40. The van der Waals surface area contributed by atoms with Crippen molar-refractivity contribution in [1.29, 1.82) is 0 Å². The van der Waals surface area contributed by atoms with Crippen molar-refractivity contribution < 1.29 is 14.6 Å². The number of carboxylic acid groups (broad SMARTS) is 1. The van der Waals surface area contributed by atoms with Gasteiger partial charge < -0.3 is 9.84 Å². The number of carbonyl (C=O) groups is 1. The van der Waals surface area contributed by atoms with Gasteiger partial charge in [0, 0.05) is 7.11 Å². The molecule has 0 amide bonds. The number of para-hydroxylation sites is 1. The first-order valence-electron chi connectivity index (χ1n) is 5.20. The van der Waals surface area contributed by atoms with E-state index in [-0.39, 0.29) is 17.3 Å². The fourth-order valence-corrected chi connectivity index (χ4v) is 1.95. The second-order valence-electron chi connectivity index (χ2n) is 3.60. The molecule has 1 N–H and O–H groups in total. The Morgan fingerprint density at radius 3 is 2.67 bits per heavy atom. The van der Waals surface area contributed by atoms with Gasteiger partial charge >= 0.3 is 5.97 Å². The molecule has 0 fully saturated rings. The normalized spacial score (nSPS) is 10.6. The highest BCUT2D eigenvalue weighted by Gasteiger charge is 2.22. The molecule has 2 rings (SSSR count). The molecular weight excluding hydrogens is 256 g/mol. The van der Waals surface area contributed by atoms with Crippen LogP contribution in [-0.4, -0.2) is 28.0 Å². The van der Waals surface area contributed by atoms with Gasteiger partial charge in [-0.3, -0.25) is 0 Å². The van der Waals surface area contributed by atoms with Crippen LogP contribution in [0.2, 0.25) is 5.15 Å². The molecule has 0 aliphatic rings. The van der Waals surface area contributed by atoms with Gasteiger partial charge in [-0.2, -0.15) is 5.10 Å². The quantitative estimate of drug-likeness (QED) is 0.923. The molecule has 0 unspecified atom stereocenters. The number of benzene rings is 1. The minimum Gasteiger partial charge on any atom is -0.478 e. The molecular formula is C12H11ClN2O3. The van der Waals surface area contributed by atoms with Crippen LogP contribution in [0.1, 0.15) is 16.1 Å². The molecule has 5 nitrogen and oxygen atoms in total. The van der Waals surface area contributed by atoms with E-state index in [1.165, 1.54) is 11.8 Å². The van der Waals surface area contributed by atoms with Crippen LogP contribution in [0.3, 0.4) is 0 Å². The Bertz CT molecular complexity index is 566. The molecule has 6 heteroatoms. The summed E-state index contributed by atoms with van der Waals surface area (Å²) in [5, 5.41) is 13.4. The summed E-state index contributed by atoms with van der Waals surface area (Å²) in [5.41, 5.74) is 0.980. The Kier molecular flexibility index (Phi) is 3.64. The number of aromatic nitrogens is 2. The van der Waals surface area contributed by atoms with Gasteiger partial charge in [-0.1, -0.05) is 29.8 Å². The zero-order valence-corrected chi connectivity index (χ0v) is 10.4. The lowest BCUT2D eigenvalue weighted by molar-refractivity contribution is 0.0692. The number of ether oxygens (including phenoxy) is 1. The van der Waals surface area contributed by atoms with Gasteiger partial charge in [-0.25, -0.2) is 9.48 Å². The second-order valence-corrected chi connectivity index (χ2v) is 3.96. The van der Waals surface area contributed by atoms with Gasteiger partial charge in [0.25, 0.3) is 0 Å². The van der Waals surface area contributed by atoms with Crippen LogP contribution in [0, 0.1) is 0 Å².